The van der Waals surface area contributed by atoms with Crippen LogP contribution in [0.5, 0.6) is 0 Å². The number of benzene rings is 1. The molecular formula is C10H15O2P. The van der Waals surface area contributed by atoms with E-state index in [1.807, 2.05) is 18.2 Å². The molecule has 0 bridgehead atoms. The second kappa shape index (κ2) is 3.28. The van der Waals surface area contributed by atoms with Gasteiger partial charge in [-0.3, -0.25) is 0 Å². The lowest BCUT2D eigenvalue weighted by Gasteiger charge is -2.26. The van der Waals surface area contributed by atoms with Gasteiger partial charge in [0, 0.05) is 5.30 Å². The lowest BCUT2D eigenvalue weighted by molar-refractivity contribution is 0.165. The predicted octanol–water partition coefficient (Wildman–Crippen LogP) is 2.03. The molecule has 13 heavy (non-hydrogen) atoms. The second-order valence-corrected chi connectivity index (χ2v) is 7.21. The maximum Gasteiger partial charge on any atom is 0.142 e. The van der Waals surface area contributed by atoms with Gasteiger partial charge >= 0.3 is 0 Å². The van der Waals surface area contributed by atoms with E-state index in [1.54, 1.807) is 32.6 Å². The third-order valence-corrected chi connectivity index (χ3v) is 5.67. The lowest BCUT2D eigenvalue weighted by Crippen LogP contribution is -2.25. The van der Waals surface area contributed by atoms with Gasteiger partial charge < -0.3 is 9.67 Å². The Morgan fingerprint density at radius 3 is 2.08 bits per heavy atom. The van der Waals surface area contributed by atoms with Gasteiger partial charge in [0.05, 0.1) is 0 Å². The summed E-state index contributed by atoms with van der Waals surface area (Å²) in [5.74, 6) is 0. The highest BCUT2D eigenvalue weighted by Crippen LogP contribution is 2.51. The number of aliphatic hydroxyl groups is 1. The van der Waals surface area contributed by atoms with E-state index in [4.69, 9.17) is 0 Å². The average molecular weight is 198 g/mol. The van der Waals surface area contributed by atoms with E-state index < -0.39 is 12.5 Å². The zero-order valence-corrected chi connectivity index (χ0v) is 9.08. The molecule has 1 aromatic carbocycles. The fourth-order valence-corrected chi connectivity index (χ4v) is 2.40. The molecule has 3 heteroatoms. The van der Waals surface area contributed by atoms with Gasteiger partial charge in [-0.15, -0.1) is 0 Å². The van der Waals surface area contributed by atoms with E-state index in [1.165, 1.54) is 0 Å². The topological polar surface area (TPSA) is 37.3 Å². The molecule has 0 spiro atoms. The van der Waals surface area contributed by atoms with Crippen molar-refractivity contribution in [2.24, 2.45) is 0 Å². The van der Waals surface area contributed by atoms with Crippen molar-refractivity contribution in [2.75, 3.05) is 6.66 Å². The van der Waals surface area contributed by atoms with Crippen LogP contribution in [0.25, 0.3) is 0 Å². The van der Waals surface area contributed by atoms with Crippen molar-refractivity contribution in [3.05, 3.63) is 30.3 Å². The molecule has 0 unspecified atom stereocenters. The Labute approximate surface area is 79.0 Å². The molecule has 0 aliphatic rings. The van der Waals surface area contributed by atoms with Gasteiger partial charge in [-0.1, -0.05) is 30.3 Å². The molecule has 1 aromatic rings. The first-order valence-electron chi connectivity index (χ1n) is 4.21. The van der Waals surface area contributed by atoms with E-state index in [-0.39, 0.29) is 0 Å². The van der Waals surface area contributed by atoms with Crippen LogP contribution < -0.4 is 5.30 Å². The highest BCUT2D eigenvalue weighted by molar-refractivity contribution is 7.72. The molecule has 1 rings (SSSR count). The minimum atomic E-state index is -2.67. The van der Waals surface area contributed by atoms with Crippen LogP contribution in [0.3, 0.4) is 0 Å². The molecule has 0 saturated heterocycles. The van der Waals surface area contributed by atoms with Gasteiger partial charge in [-0.25, -0.2) is 0 Å². The highest BCUT2D eigenvalue weighted by Gasteiger charge is 2.35. The molecule has 1 atom stereocenters. The second-order valence-electron chi connectivity index (χ2n) is 3.75. The molecular weight excluding hydrogens is 183 g/mol. The van der Waals surface area contributed by atoms with Crippen molar-refractivity contribution in [2.45, 2.75) is 19.2 Å². The van der Waals surface area contributed by atoms with Gasteiger partial charge in [0.1, 0.15) is 12.5 Å². The zero-order chi connectivity index (χ0) is 10.1. The molecule has 0 aliphatic carbocycles. The zero-order valence-electron chi connectivity index (χ0n) is 8.19. The average Bonchev–Trinajstić information content (AvgIpc) is 2.04. The minimum absolute atomic E-state index is 0.725. The largest absolute Gasteiger partial charge is 0.382 e. The Balaban J connectivity index is 3.17. The van der Waals surface area contributed by atoms with Crippen molar-refractivity contribution in [1.29, 1.82) is 0 Å². The van der Waals surface area contributed by atoms with Crippen molar-refractivity contribution >= 4 is 12.4 Å². The highest BCUT2D eigenvalue weighted by atomic mass is 31.2. The number of hydrogen-bond acceptors (Lipinski definition) is 2. The van der Waals surface area contributed by atoms with E-state index in [2.05, 4.69) is 0 Å². The van der Waals surface area contributed by atoms with Crippen LogP contribution in [0.2, 0.25) is 0 Å². The van der Waals surface area contributed by atoms with Crippen LogP contribution in [0, 0.1) is 0 Å². The van der Waals surface area contributed by atoms with Gasteiger partial charge in [0.2, 0.25) is 0 Å². The maximum atomic E-state index is 12.2. The molecule has 2 nitrogen and oxygen atoms in total. The summed E-state index contributed by atoms with van der Waals surface area (Å²) in [6, 6.07) is 9.11. The summed E-state index contributed by atoms with van der Waals surface area (Å²) in [7, 11) is -2.67. The standard InChI is InChI=1S/C10H15O2P/c1-10(2,11)13(3,12)9-7-5-4-6-8-9/h4-8,11H,1-3H3/t13-/m0/s1. The summed E-state index contributed by atoms with van der Waals surface area (Å²) in [6.07, 6.45) is 0. The first-order valence-corrected chi connectivity index (χ1v) is 6.37. The first kappa shape index (κ1) is 10.5. The first-order chi connectivity index (χ1) is 5.86. The molecule has 72 valence electrons. The quantitative estimate of drug-likeness (QED) is 0.738. The van der Waals surface area contributed by atoms with E-state index in [9.17, 15) is 9.67 Å². The van der Waals surface area contributed by atoms with Crippen molar-refractivity contribution in [3.63, 3.8) is 0 Å². The summed E-state index contributed by atoms with van der Waals surface area (Å²) >= 11 is 0. The van der Waals surface area contributed by atoms with E-state index in [0.717, 1.165) is 5.30 Å². The smallest absolute Gasteiger partial charge is 0.142 e. The van der Waals surface area contributed by atoms with Gasteiger partial charge in [0.15, 0.2) is 0 Å². The molecule has 0 radical (unpaired) electrons. The number of hydrogen-bond donors (Lipinski definition) is 1. The van der Waals surface area contributed by atoms with Crippen LogP contribution in [-0.2, 0) is 4.57 Å². The fourth-order valence-electron chi connectivity index (χ4n) is 1.03. The van der Waals surface area contributed by atoms with Crippen molar-refractivity contribution < 1.29 is 9.67 Å². The molecule has 1 N–H and O–H groups in total. The summed E-state index contributed by atoms with van der Waals surface area (Å²) in [5, 5.41) is 9.32. The molecule has 0 amide bonds. The van der Waals surface area contributed by atoms with Crippen LogP contribution in [0.1, 0.15) is 13.8 Å². The lowest BCUT2D eigenvalue weighted by atomic mass is 10.4. The van der Waals surface area contributed by atoms with E-state index >= 15 is 0 Å². The van der Waals surface area contributed by atoms with Crippen molar-refractivity contribution in [3.8, 4) is 0 Å². The van der Waals surface area contributed by atoms with Crippen LogP contribution in [-0.4, -0.2) is 17.1 Å². The van der Waals surface area contributed by atoms with Gasteiger partial charge in [0.25, 0.3) is 0 Å². The monoisotopic (exact) mass is 198 g/mol. The third-order valence-electron chi connectivity index (χ3n) is 2.29. The van der Waals surface area contributed by atoms with Crippen LogP contribution in [0.15, 0.2) is 30.3 Å². The minimum Gasteiger partial charge on any atom is -0.382 e. The van der Waals surface area contributed by atoms with Crippen molar-refractivity contribution in [1.82, 2.24) is 0 Å². The Morgan fingerprint density at radius 1 is 1.23 bits per heavy atom. The van der Waals surface area contributed by atoms with Crippen LogP contribution >= 0.6 is 7.14 Å². The summed E-state index contributed by atoms with van der Waals surface area (Å²) in [6.45, 7) is 4.78. The summed E-state index contributed by atoms with van der Waals surface area (Å²) in [4.78, 5) is 0. The third kappa shape index (κ3) is 2.01. The fraction of sp³-hybridized carbons (Fsp3) is 0.400. The summed E-state index contributed by atoms with van der Waals surface area (Å²) in [5.41, 5.74) is 0. The molecule has 0 aliphatic heterocycles. The Morgan fingerprint density at radius 2 is 1.69 bits per heavy atom. The molecule has 0 fully saturated rings. The molecule has 0 aromatic heterocycles. The normalized spacial score (nSPS) is 16.6. The number of rotatable bonds is 2. The Hall–Kier alpha value is -0.590. The van der Waals surface area contributed by atoms with E-state index in [0.29, 0.717) is 0 Å². The Kier molecular flexibility index (Phi) is 2.65. The Bertz CT molecular complexity index is 325. The van der Waals surface area contributed by atoms with Crippen LogP contribution in [0.4, 0.5) is 0 Å². The SMILES string of the molecule is CC(C)(O)[P@@](C)(=O)c1ccccc1. The molecule has 0 heterocycles. The van der Waals surface area contributed by atoms with Gasteiger partial charge in [-0.05, 0) is 20.5 Å². The van der Waals surface area contributed by atoms with Gasteiger partial charge in [-0.2, -0.15) is 0 Å². The predicted molar refractivity (Wildman–Crippen MR) is 55.9 cm³/mol. The maximum absolute atomic E-state index is 12.2. The molecule has 0 saturated carbocycles. The summed E-state index contributed by atoms with van der Waals surface area (Å²) < 4.78 is 12.2.